The zero-order valence-corrected chi connectivity index (χ0v) is 14.9. The van der Waals surface area contributed by atoms with Gasteiger partial charge in [-0.25, -0.2) is 18.0 Å². The van der Waals surface area contributed by atoms with E-state index in [1.807, 2.05) is 0 Å². The topological polar surface area (TPSA) is 66.4 Å². The smallest absolute Gasteiger partial charge is 0.346 e. The van der Waals surface area contributed by atoms with Gasteiger partial charge >= 0.3 is 5.97 Å². The molecular weight excluding hydrogens is 391 g/mol. The van der Waals surface area contributed by atoms with Gasteiger partial charge in [0.25, 0.3) is 0 Å². The second-order valence-corrected chi connectivity index (χ2v) is 7.42. The van der Waals surface area contributed by atoms with Crippen molar-refractivity contribution < 1.29 is 27.9 Å². The highest BCUT2D eigenvalue weighted by Crippen LogP contribution is 2.49. The fourth-order valence-electron chi connectivity index (χ4n) is 3.37. The number of benzene rings is 2. The van der Waals surface area contributed by atoms with E-state index in [2.05, 4.69) is 5.32 Å². The van der Waals surface area contributed by atoms with Crippen molar-refractivity contribution in [1.82, 2.24) is 0 Å². The number of carbonyl (C=O) groups is 2. The van der Waals surface area contributed by atoms with Crippen LogP contribution in [-0.4, -0.2) is 17.0 Å². The molecule has 142 valence electrons. The molecule has 4 nitrogen and oxygen atoms in total. The first-order valence-electron chi connectivity index (χ1n) is 8.25. The minimum atomic E-state index is -1.21. The summed E-state index contributed by atoms with van der Waals surface area (Å²) in [7, 11) is 0. The van der Waals surface area contributed by atoms with E-state index in [0.29, 0.717) is 10.4 Å². The number of rotatable bonds is 3. The van der Waals surface area contributed by atoms with Gasteiger partial charge in [-0.2, -0.15) is 0 Å². The highest BCUT2D eigenvalue weighted by Gasteiger charge is 2.34. The molecule has 0 spiro atoms. The van der Waals surface area contributed by atoms with Crippen LogP contribution in [0.3, 0.4) is 0 Å². The summed E-state index contributed by atoms with van der Waals surface area (Å²) < 4.78 is 40.7. The van der Waals surface area contributed by atoms with E-state index in [1.54, 1.807) is 0 Å². The minimum absolute atomic E-state index is 0.0410. The maximum Gasteiger partial charge on any atom is 0.346 e. The number of amides is 1. The number of halogens is 3. The lowest BCUT2D eigenvalue weighted by Crippen LogP contribution is -2.22. The first-order chi connectivity index (χ1) is 13.3. The van der Waals surface area contributed by atoms with Gasteiger partial charge in [0.1, 0.15) is 22.3 Å². The second-order valence-electron chi connectivity index (χ2n) is 6.37. The number of thiophene rings is 1. The molecule has 0 saturated carbocycles. The van der Waals surface area contributed by atoms with Crippen LogP contribution in [0.15, 0.2) is 42.5 Å². The van der Waals surface area contributed by atoms with Crippen molar-refractivity contribution in [3.05, 3.63) is 75.2 Å². The molecule has 0 bridgehead atoms. The van der Waals surface area contributed by atoms with Crippen LogP contribution in [0.4, 0.5) is 18.9 Å². The largest absolute Gasteiger partial charge is 0.477 e. The van der Waals surface area contributed by atoms with Gasteiger partial charge in [0.2, 0.25) is 5.91 Å². The quantitative estimate of drug-likeness (QED) is 0.647. The maximum atomic E-state index is 13.7. The number of anilines is 1. The highest BCUT2D eigenvalue weighted by molar-refractivity contribution is 7.15. The Kier molecular flexibility index (Phi) is 4.43. The molecule has 2 heterocycles. The lowest BCUT2D eigenvalue weighted by Gasteiger charge is -2.24. The number of fused-ring (bicyclic) bond motifs is 1. The summed E-state index contributed by atoms with van der Waals surface area (Å²) in [5, 5.41) is 12.3. The number of aromatic carboxylic acids is 1. The van der Waals surface area contributed by atoms with Crippen LogP contribution in [0.5, 0.6) is 0 Å². The lowest BCUT2D eigenvalue weighted by molar-refractivity contribution is -0.116. The second kappa shape index (κ2) is 6.79. The SMILES string of the molecule is O=C1C[C@@H](c2cc(F)cc(F)c2)c2sc(C(=O)O)c(-c3ccc(F)cc3)c2N1. The Hall–Kier alpha value is -3.13. The molecule has 8 heteroatoms. The predicted octanol–water partition coefficient (Wildman–Crippen LogP) is 5.00. The van der Waals surface area contributed by atoms with Crippen molar-refractivity contribution in [2.75, 3.05) is 5.32 Å². The lowest BCUT2D eigenvalue weighted by atomic mass is 9.88. The normalized spacial score (nSPS) is 15.8. The van der Waals surface area contributed by atoms with Gasteiger partial charge in [0.15, 0.2) is 0 Å². The number of carboxylic acid groups (broad SMARTS) is 1. The van der Waals surface area contributed by atoms with Crippen molar-refractivity contribution >= 4 is 28.9 Å². The van der Waals surface area contributed by atoms with Crippen molar-refractivity contribution in [1.29, 1.82) is 0 Å². The van der Waals surface area contributed by atoms with Crippen LogP contribution in [0.2, 0.25) is 0 Å². The van der Waals surface area contributed by atoms with E-state index in [0.717, 1.165) is 29.5 Å². The Balaban J connectivity index is 1.94. The standard InChI is InChI=1S/C20H12F3NO3S/c21-11-3-1-9(2-4-11)16-17-18(28-19(16)20(26)27)14(8-15(25)24-17)10-5-12(22)7-13(23)6-10/h1-7,14H,8H2,(H,24,25)(H,26,27)/t14-/m0/s1. The Morgan fingerprint density at radius 2 is 1.68 bits per heavy atom. The zero-order valence-electron chi connectivity index (χ0n) is 14.1. The molecule has 2 aromatic carbocycles. The Morgan fingerprint density at radius 1 is 1.04 bits per heavy atom. The third-order valence-corrected chi connectivity index (χ3v) is 5.81. The van der Waals surface area contributed by atoms with Crippen LogP contribution in [-0.2, 0) is 4.79 Å². The summed E-state index contributed by atoms with van der Waals surface area (Å²) in [5.74, 6) is -4.35. The van der Waals surface area contributed by atoms with Gasteiger partial charge in [-0.1, -0.05) is 12.1 Å². The molecule has 1 aromatic heterocycles. The molecule has 0 radical (unpaired) electrons. The molecule has 0 saturated heterocycles. The average molecular weight is 403 g/mol. The Bertz CT molecular complexity index is 1090. The van der Waals surface area contributed by atoms with E-state index < -0.39 is 35.2 Å². The summed E-state index contributed by atoms with van der Waals surface area (Å²) in [5.41, 5.74) is 1.20. The van der Waals surface area contributed by atoms with E-state index in [4.69, 9.17) is 0 Å². The van der Waals surface area contributed by atoms with Crippen LogP contribution in [0.25, 0.3) is 11.1 Å². The third kappa shape index (κ3) is 3.16. The molecule has 1 aliphatic rings. The molecule has 1 amide bonds. The van der Waals surface area contributed by atoms with Gasteiger partial charge in [0, 0.05) is 28.8 Å². The summed E-state index contributed by atoms with van der Waals surface area (Å²) in [4.78, 5) is 24.6. The van der Waals surface area contributed by atoms with Gasteiger partial charge in [0.05, 0.1) is 5.69 Å². The summed E-state index contributed by atoms with van der Waals surface area (Å²) in [6.07, 6.45) is -0.0711. The minimum Gasteiger partial charge on any atom is -0.477 e. The molecule has 1 atom stereocenters. The molecule has 28 heavy (non-hydrogen) atoms. The summed E-state index contributed by atoms with van der Waals surface area (Å²) in [6, 6.07) is 8.21. The van der Waals surface area contributed by atoms with Crippen molar-refractivity contribution in [2.45, 2.75) is 12.3 Å². The van der Waals surface area contributed by atoms with Crippen LogP contribution >= 0.6 is 11.3 Å². The van der Waals surface area contributed by atoms with E-state index in [9.17, 15) is 27.9 Å². The van der Waals surface area contributed by atoms with Crippen LogP contribution < -0.4 is 5.32 Å². The van der Waals surface area contributed by atoms with Crippen molar-refractivity contribution in [2.24, 2.45) is 0 Å². The Morgan fingerprint density at radius 3 is 2.29 bits per heavy atom. The maximum absolute atomic E-state index is 13.7. The van der Waals surface area contributed by atoms with Gasteiger partial charge in [-0.3, -0.25) is 4.79 Å². The van der Waals surface area contributed by atoms with E-state index in [1.165, 1.54) is 24.3 Å². The number of hydrogen-bond acceptors (Lipinski definition) is 3. The molecule has 2 N–H and O–H groups in total. The predicted molar refractivity (Wildman–Crippen MR) is 98.1 cm³/mol. The molecule has 0 unspecified atom stereocenters. The summed E-state index contributed by atoms with van der Waals surface area (Å²) in [6.45, 7) is 0. The molecular formula is C20H12F3NO3S. The van der Waals surface area contributed by atoms with Gasteiger partial charge in [-0.15, -0.1) is 11.3 Å². The van der Waals surface area contributed by atoms with Crippen molar-refractivity contribution in [3.63, 3.8) is 0 Å². The Labute approximate surface area is 161 Å². The van der Waals surface area contributed by atoms with E-state index >= 15 is 0 Å². The first-order valence-corrected chi connectivity index (χ1v) is 9.07. The number of hydrogen-bond donors (Lipinski definition) is 2. The third-order valence-electron chi connectivity index (χ3n) is 4.52. The monoisotopic (exact) mass is 403 g/mol. The fourth-order valence-corrected chi connectivity index (χ4v) is 4.62. The van der Waals surface area contributed by atoms with Crippen LogP contribution in [0, 0.1) is 17.5 Å². The van der Waals surface area contributed by atoms with Gasteiger partial charge in [-0.05, 0) is 35.4 Å². The summed E-state index contributed by atoms with van der Waals surface area (Å²) >= 11 is 0.933. The average Bonchev–Trinajstić information content (AvgIpc) is 3.00. The molecule has 3 aromatic rings. The van der Waals surface area contributed by atoms with E-state index in [-0.39, 0.29) is 28.1 Å². The number of nitrogens with one attached hydrogen (secondary N) is 1. The molecule has 1 aliphatic heterocycles. The van der Waals surface area contributed by atoms with Crippen LogP contribution in [0.1, 0.15) is 32.5 Å². The zero-order chi connectivity index (χ0) is 20.0. The number of carbonyl (C=O) groups excluding carboxylic acids is 1. The molecule has 0 fully saturated rings. The van der Waals surface area contributed by atoms with Crippen molar-refractivity contribution in [3.8, 4) is 11.1 Å². The fraction of sp³-hybridized carbons (Fsp3) is 0.100. The molecule has 4 rings (SSSR count). The van der Waals surface area contributed by atoms with Gasteiger partial charge < -0.3 is 10.4 Å². The first kappa shape index (κ1) is 18.2. The highest BCUT2D eigenvalue weighted by atomic mass is 32.1. The molecule has 0 aliphatic carbocycles. The number of carboxylic acids is 1.